The number of halogens is 2. The lowest BCUT2D eigenvalue weighted by atomic mass is 10.2. The summed E-state index contributed by atoms with van der Waals surface area (Å²) in [5, 5.41) is 23.4. The standard InChI is InChI=1S/C18H11Br2N3O5S2/c19-10-5-9(16(25)13(20)7-10)6-14-17(26)22(18(29)30-14)8-15(24)21-11-1-3-12(4-2-11)23(27)28/h1-7,25H,8H2,(H,21,24)/b14-6-. The SMILES string of the molecule is O=C(CN1C(=O)/C(=C/c2cc(Br)cc(Br)c2O)SC1=S)Nc1ccc([N+](=O)[O-])cc1. The number of aromatic hydroxyl groups is 1. The number of non-ortho nitro benzene ring substituents is 1. The van der Waals surface area contributed by atoms with Crippen molar-refractivity contribution in [2.45, 2.75) is 0 Å². The average Bonchev–Trinajstić information content (AvgIpc) is 2.93. The van der Waals surface area contributed by atoms with Crippen LogP contribution in [0.2, 0.25) is 0 Å². The Kier molecular flexibility index (Phi) is 6.91. The summed E-state index contributed by atoms with van der Waals surface area (Å²) >= 11 is 12.8. The topological polar surface area (TPSA) is 113 Å². The van der Waals surface area contributed by atoms with Crippen molar-refractivity contribution in [2.24, 2.45) is 0 Å². The van der Waals surface area contributed by atoms with Gasteiger partial charge in [0.2, 0.25) is 5.91 Å². The summed E-state index contributed by atoms with van der Waals surface area (Å²) in [5.41, 5.74) is 0.667. The number of carbonyl (C=O) groups excluding carboxylic acids is 2. The number of nitrogens with zero attached hydrogens (tertiary/aromatic N) is 2. The van der Waals surface area contributed by atoms with Crippen LogP contribution < -0.4 is 5.32 Å². The number of hydrogen-bond acceptors (Lipinski definition) is 7. The van der Waals surface area contributed by atoms with Crippen molar-refractivity contribution >= 4 is 89.4 Å². The molecule has 2 aromatic rings. The van der Waals surface area contributed by atoms with E-state index in [4.69, 9.17) is 12.2 Å². The minimum Gasteiger partial charge on any atom is -0.506 e. The van der Waals surface area contributed by atoms with Crippen molar-refractivity contribution in [1.82, 2.24) is 4.90 Å². The number of thioether (sulfide) groups is 1. The van der Waals surface area contributed by atoms with E-state index in [0.29, 0.717) is 20.2 Å². The fraction of sp³-hybridized carbons (Fsp3) is 0.0556. The van der Waals surface area contributed by atoms with Crippen LogP contribution in [0.1, 0.15) is 5.56 Å². The van der Waals surface area contributed by atoms with Crippen molar-refractivity contribution in [2.75, 3.05) is 11.9 Å². The highest BCUT2D eigenvalue weighted by atomic mass is 79.9. The zero-order chi connectivity index (χ0) is 22.0. The molecular formula is C18H11Br2N3O5S2. The van der Waals surface area contributed by atoms with Gasteiger partial charge in [0.05, 0.1) is 14.3 Å². The van der Waals surface area contributed by atoms with E-state index in [2.05, 4.69) is 37.2 Å². The maximum atomic E-state index is 12.7. The smallest absolute Gasteiger partial charge is 0.269 e. The molecule has 30 heavy (non-hydrogen) atoms. The molecule has 2 N–H and O–H groups in total. The zero-order valence-corrected chi connectivity index (χ0v) is 19.6. The van der Waals surface area contributed by atoms with E-state index in [0.717, 1.165) is 16.7 Å². The number of nitro benzene ring substituents is 1. The molecule has 8 nitrogen and oxygen atoms in total. The minimum atomic E-state index is -0.542. The summed E-state index contributed by atoms with van der Waals surface area (Å²) in [7, 11) is 0. The van der Waals surface area contributed by atoms with Gasteiger partial charge in [-0.3, -0.25) is 24.6 Å². The van der Waals surface area contributed by atoms with Crippen molar-refractivity contribution in [3.05, 3.63) is 65.9 Å². The molecule has 0 atom stereocenters. The molecular weight excluding hydrogens is 562 g/mol. The Morgan fingerprint density at radius 1 is 1.30 bits per heavy atom. The first-order valence-corrected chi connectivity index (χ1v) is 10.9. The van der Waals surface area contributed by atoms with E-state index in [1.165, 1.54) is 30.3 Å². The third kappa shape index (κ3) is 5.06. The molecule has 1 aliphatic rings. The van der Waals surface area contributed by atoms with Gasteiger partial charge in [-0.25, -0.2) is 0 Å². The van der Waals surface area contributed by atoms with Crippen LogP contribution in [0, 0.1) is 10.1 Å². The summed E-state index contributed by atoms with van der Waals surface area (Å²) in [6.07, 6.45) is 1.50. The normalized spacial score (nSPS) is 15.0. The minimum absolute atomic E-state index is 0.0283. The predicted octanol–water partition coefficient (Wildman–Crippen LogP) is 4.67. The third-order valence-electron chi connectivity index (χ3n) is 3.88. The highest BCUT2D eigenvalue weighted by Crippen LogP contribution is 2.37. The monoisotopic (exact) mass is 571 g/mol. The summed E-state index contributed by atoms with van der Waals surface area (Å²) in [4.78, 5) is 36.6. The Bertz CT molecular complexity index is 1110. The molecule has 12 heteroatoms. The van der Waals surface area contributed by atoms with Gasteiger partial charge in [0.1, 0.15) is 16.6 Å². The van der Waals surface area contributed by atoms with E-state index in [-0.39, 0.29) is 27.2 Å². The molecule has 0 spiro atoms. The number of nitro groups is 1. The van der Waals surface area contributed by atoms with E-state index in [1.54, 1.807) is 12.1 Å². The molecule has 1 fully saturated rings. The fourth-order valence-corrected chi connectivity index (χ4v) is 4.99. The van der Waals surface area contributed by atoms with Crippen LogP contribution in [0.25, 0.3) is 6.08 Å². The molecule has 0 saturated carbocycles. The lowest BCUT2D eigenvalue weighted by molar-refractivity contribution is -0.384. The molecule has 0 aromatic heterocycles. The number of anilines is 1. The van der Waals surface area contributed by atoms with Crippen LogP contribution in [0.15, 0.2) is 50.2 Å². The molecule has 2 aromatic carbocycles. The van der Waals surface area contributed by atoms with Gasteiger partial charge >= 0.3 is 0 Å². The van der Waals surface area contributed by atoms with Crippen molar-refractivity contribution in [3.63, 3.8) is 0 Å². The van der Waals surface area contributed by atoms with E-state index >= 15 is 0 Å². The second-order valence-electron chi connectivity index (χ2n) is 5.95. The van der Waals surface area contributed by atoms with Gasteiger partial charge in [-0.05, 0) is 46.3 Å². The van der Waals surface area contributed by atoms with Crippen LogP contribution in [-0.4, -0.2) is 37.6 Å². The van der Waals surface area contributed by atoms with Gasteiger partial charge in [0, 0.05) is 27.9 Å². The Morgan fingerprint density at radius 2 is 1.97 bits per heavy atom. The summed E-state index contributed by atoms with van der Waals surface area (Å²) in [5.74, 6) is -0.992. The van der Waals surface area contributed by atoms with E-state index in [1.807, 2.05) is 0 Å². The number of amides is 2. The summed E-state index contributed by atoms with van der Waals surface area (Å²) in [6.45, 7) is -0.312. The highest BCUT2D eigenvalue weighted by Gasteiger charge is 2.33. The third-order valence-corrected chi connectivity index (χ3v) is 6.32. The molecule has 1 heterocycles. The molecule has 3 rings (SSSR count). The maximum absolute atomic E-state index is 12.7. The Balaban J connectivity index is 1.72. The highest BCUT2D eigenvalue weighted by molar-refractivity contribution is 9.11. The Hall–Kier alpha value is -2.28. The molecule has 154 valence electrons. The van der Waals surface area contributed by atoms with Crippen molar-refractivity contribution in [1.29, 1.82) is 0 Å². The fourth-order valence-electron chi connectivity index (χ4n) is 2.48. The Morgan fingerprint density at radius 3 is 2.60 bits per heavy atom. The van der Waals surface area contributed by atoms with Gasteiger partial charge in [-0.2, -0.15) is 0 Å². The van der Waals surface area contributed by atoms with E-state index < -0.39 is 16.7 Å². The van der Waals surface area contributed by atoms with Crippen molar-refractivity contribution < 1.29 is 19.6 Å². The first-order chi connectivity index (χ1) is 14.2. The largest absolute Gasteiger partial charge is 0.506 e. The predicted molar refractivity (Wildman–Crippen MR) is 125 cm³/mol. The number of phenols is 1. The maximum Gasteiger partial charge on any atom is 0.269 e. The summed E-state index contributed by atoms with van der Waals surface area (Å²) in [6, 6.07) is 8.64. The van der Waals surface area contributed by atoms with Gasteiger partial charge in [-0.1, -0.05) is 39.9 Å². The molecule has 1 saturated heterocycles. The first-order valence-electron chi connectivity index (χ1n) is 8.13. The van der Waals surface area contributed by atoms with E-state index in [9.17, 15) is 24.8 Å². The molecule has 2 amide bonds. The van der Waals surface area contributed by atoms with Crippen LogP contribution in [0.4, 0.5) is 11.4 Å². The number of hydrogen-bond donors (Lipinski definition) is 2. The number of carbonyl (C=O) groups is 2. The number of nitrogens with one attached hydrogen (secondary N) is 1. The molecule has 0 unspecified atom stereocenters. The lowest BCUT2D eigenvalue weighted by Gasteiger charge is -2.14. The van der Waals surface area contributed by atoms with Crippen LogP contribution >= 0.6 is 55.8 Å². The van der Waals surface area contributed by atoms with Gasteiger partial charge in [0.15, 0.2) is 0 Å². The van der Waals surface area contributed by atoms with Crippen LogP contribution in [0.5, 0.6) is 5.75 Å². The lowest BCUT2D eigenvalue weighted by Crippen LogP contribution is -2.36. The second-order valence-corrected chi connectivity index (χ2v) is 9.39. The van der Waals surface area contributed by atoms with Gasteiger partial charge in [0.25, 0.3) is 11.6 Å². The molecule has 0 bridgehead atoms. The first kappa shape index (κ1) is 22.4. The van der Waals surface area contributed by atoms with Crippen molar-refractivity contribution in [3.8, 4) is 5.75 Å². The number of phenolic OH excluding ortho intramolecular Hbond substituents is 1. The quantitative estimate of drug-likeness (QED) is 0.232. The second kappa shape index (κ2) is 9.25. The number of thiocarbonyl (C=S) groups is 1. The zero-order valence-electron chi connectivity index (χ0n) is 14.8. The molecule has 0 radical (unpaired) electrons. The average molecular weight is 573 g/mol. The molecule has 0 aliphatic carbocycles. The van der Waals surface area contributed by atoms with Crippen LogP contribution in [0.3, 0.4) is 0 Å². The molecule has 1 aliphatic heterocycles. The van der Waals surface area contributed by atoms with Crippen LogP contribution in [-0.2, 0) is 9.59 Å². The Labute approximate surface area is 196 Å². The van der Waals surface area contributed by atoms with Gasteiger partial charge < -0.3 is 10.4 Å². The number of benzene rings is 2. The van der Waals surface area contributed by atoms with Gasteiger partial charge in [-0.15, -0.1) is 0 Å². The number of rotatable bonds is 5. The summed E-state index contributed by atoms with van der Waals surface area (Å²) < 4.78 is 1.37.